The molecule has 1 amide bonds. The van der Waals surface area contributed by atoms with Crippen molar-refractivity contribution >= 4 is 29.0 Å². The van der Waals surface area contributed by atoms with Crippen LogP contribution in [0.25, 0.3) is 0 Å². The quantitative estimate of drug-likeness (QED) is 0.701. The third-order valence-electron chi connectivity index (χ3n) is 3.54. The van der Waals surface area contributed by atoms with Gasteiger partial charge in [0.25, 0.3) is 0 Å². The van der Waals surface area contributed by atoms with Crippen molar-refractivity contribution in [3.8, 4) is 0 Å². The molecule has 126 valence electrons. The van der Waals surface area contributed by atoms with Gasteiger partial charge in [0, 0.05) is 17.6 Å². The van der Waals surface area contributed by atoms with Crippen molar-refractivity contribution in [3.63, 3.8) is 0 Å². The number of likely N-dealkylation sites (N-methyl/N-ethyl adjacent to an activating group) is 1. The zero-order valence-electron chi connectivity index (χ0n) is 13.7. The summed E-state index contributed by atoms with van der Waals surface area (Å²) in [5, 5.41) is 5.01. The van der Waals surface area contributed by atoms with Crippen molar-refractivity contribution in [1.82, 2.24) is 15.2 Å². The maximum absolute atomic E-state index is 12.1. The highest BCUT2D eigenvalue weighted by molar-refractivity contribution is 8.01. The van der Waals surface area contributed by atoms with Crippen LogP contribution in [0, 0.1) is 6.92 Å². The summed E-state index contributed by atoms with van der Waals surface area (Å²) in [5.74, 6) is 1.29. The Kier molecular flexibility index (Phi) is 7.14. The van der Waals surface area contributed by atoms with Gasteiger partial charge in [0.1, 0.15) is 5.76 Å². The summed E-state index contributed by atoms with van der Waals surface area (Å²) < 4.78 is 6.47. The fourth-order valence-electron chi connectivity index (χ4n) is 2.34. The van der Waals surface area contributed by atoms with Crippen molar-refractivity contribution < 1.29 is 9.21 Å². The number of carbonyl (C=O) groups excluding carboxylic acids is 1. The van der Waals surface area contributed by atoms with Crippen LogP contribution in [0.1, 0.15) is 31.3 Å². The molecule has 2 rings (SSSR count). The number of aromatic nitrogens is 1. The molecule has 0 saturated heterocycles. The number of hydrogen-bond acceptors (Lipinski definition) is 6. The first kappa shape index (κ1) is 18.0. The van der Waals surface area contributed by atoms with E-state index in [9.17, 15) is 4.79 Å². The molecule has 0 radical (unpaired) electrons. The fourth-order valence-corrected chi connectivity index (χ4v) is 4.02. The largest absolute Gasteiger partial charge is 0.468 e. The first-order chi connectivity index (χ1) is 11.1. The highest BCUT2D eigenvalue weighted by Crippen LogP contribution is 2.23. The van der Waals surface area contributed by atoms with Crippen molar-refractivity contribution in [3.05, 3.63) is 35.2 Å². The number of nitrogens with zero attached hydrogens (tertiary/aromatic N) is 2. The average molecular weight is 354 g/mol. The molecule has 2 aromatic heterocycles. The number of thiazole rings is 1. The van der Waals surface area contributed by atoms with Crippen molar-refractivity contribution in [2.45, 2.75) is 31.2 Å². The first-order valence-corrected chi connectivity index (χ1v) is 9.59. The van der Waals surface area contributed by atoms with E-state index in [1.54, 1.807) is 17.6 Å². The molecule has 0 fully saturated rings. The lowest BCUT2D eigenvalue weighted by molar-refractivity contribution is -0.118. The molecule has 2 heterocycles. The zero-order valence-corrected chi connectivity index (χ0v) is 15.4. The first-order valence-electron chi connectivity index (χ1n) is 7.73. The van der Waals surface area contributed by atoms with Gasteiger partial charge in [0.05, 0.1) is 18.1 Å². The van der Waals surface area contributed by atoms with Crippen LogP contribution in [0.4, 0.5) is 0 Å². The summed E-state index contributed by atoms with van der Waals surface area (Å²) in [6.07, 6.45) is 1.67. The van der Waals surface area contributed by atoms with Crippen LogP contribution in [0.2, 0.25) is 0 Å². The molecule has 23 heavy (non-hydrogen) atoms. The van der Waals surface area contributed by atoms with Crippen LogP contribution in [0.5, 0.6) is 0 Å². The van der Waals surface area contributed by atoms with E-state index in [1.807, 2.05) is 24.4 Å². The van der Waals surface area contributed by atoms with E-state index in [4.69, 9.17) is 4.42 Å². The number of hydrogen-bond donors (Lipinski definition) is 1. The average Bonchev–Trinajstić information content (AvgIpc) is 3.21. The van der Waals surface area contributed by atoms with E-state index < -0.39 is 0 Å². The number of nitrogens with one attached hydrogen (secondary N) is 1. The molecule has 1 atom stereocenters. The van der Waals surface area contributed by atoms with E-state index in [0.29, 0.717) is 12.3 Å². The second-order valence-corrected chi connectivity index (χ2v) is 7.18. The molecule has 0 aliphatic carbocycles. The van der Waals surface area contributed by atoms with Crippen molar-refractivity contribution in [2.24, 2.45) is 0 Å². The maximum atomic E-state index is 12.1. The van der Waals surface area contributed by atoms with Gasteiger partial charge in [-0.05, 0) is 32.1 Å². The molecular weight excluding hydrogens is 330 g/mol. The van der Waals surface area contributed by atoms with Crippen LogP contribution < -0.4 is 5.32 Å². The number of furan rings is 1. The van der Waals surface area contributed by atoms with Gasteiger partial charge >= 0.3 is 0 Å². The molecular formula is C16H23N3O2S2. The molecule has 0 aromatic carbocycles. The Morgan fingerprint density at radius 1 is 1.48 bits per heavy atom. The number of carbonyl (C=O) groups is 1. The summed E-state index contributed by atoms with van der Waals surface area (Å²) >= 11 is 3.05. The normalized spacial score (nSPS) is 12.5. The lowest BCUT2D eigenvalue weighted by Crippen LogP contribution is -2.38. The van der Waals surface area contributed by atoms with E-state index in [1.165, 1.54) is 11.8 Å². The van der Waals surface area contributed by atoms with Gasteiger partial charge in [-0.25, -0.2) is 4.98 Å². The molecule has 5 nitrogen and oxygen atoms in total. The molecule has 1 unspecified atom stereocenters. The van der Waals surface area contributed by atoms with Crippen LogP contribution in [0.3, 0.4) is 0 Å². The predicted molar refractivity (Wildman–Crippen MR) is 95.0 cm³/mol. The highest BCUT2D eigenvalue weighted by atomic mass is 32.2. The third-order valence-corrected chi connectivity index (χ3v) is 5.68. The molecule has 0 bridgehead atoms. The number of rotatable bonds is 9. The predicted octanol–water partition coefficient (Wildman–Crippen LogP) is 3.34. The van der Waals surface area contributed by atoms with Crippen LogP contribution in [-0.2, 0) is 4.79 Å². The minimum Gasteiger partial charge on any atom is -0.468 e. The maximum Gasteiger partial charge on any atom is 0.230 e. The third kappa shape index (κ3) is 5.37. The van der Waals surface area contributed by atoms with Gasteiger partial charge in [-0.3, -0.25) is 9.69 Å². The summed E-state index contributed by atoms with van der Waals surface area (Å²) in [5.41, 5.74) is 0.998. The second-order valence-electron chi connectivity index (χ2n) is 5.10. The smallest absolute Gasteiger partial charge is 0.230 e. The summed E-state index contributed by atoms with van der Waals surface area (Å²) in [4.78, 5) is 18.7. The lowest BCUT2D eigenvalue weighted by atomic mass is 10.2. The molecule has 0 saturated carbocycles. The number of amides is 1. The molecule has 1 N–H and O–H groups in total. The summed E-state index contributed by atoms with van der Waals surface area (Å²) in [6, 6.07) is 3.91. The van der Waals surface area contributed by atoms with Crippen molar-refractivity contribution in [2.75, 3.05) is 25.4 Å². The monoisotopic (exact) mass is 353 g/mol. The Hall–Kier alpha value is -1.31. The van der Waals surface area contributed by atoms with E-state index in [2.05, 4.69) is 29.0 Å². The molecule has 0 aliphatic heterocycles. The molecule has 7 heteroatoms. The SMILES string of the molecule is CCN(CC)C(CNC(=O)CSc1nc(C)cs1)c1ccco1. The van der Waals surface area contributed by atoms with Crippen molar-refractivity contribution in [1.29, 1.82) is 0 Å². The number of thioether (sulfide) groups is 1. The van der Waals surface area contributed by atoms with Gasteiger partial charge < -0.3 is 9.73 Å². The zero-order chi connectivity index (χ0) is 16.7. The minimum atomic E-state index is 0.0200. The van der Waals surface area contributed by atoms with Crippen LogP contribution in [-0.4, -0.2) is 41.2 Å². The van der Waals surface area contributed by atoms with Crippen LogP contribution >= 0.6 is 23.1 Å². The van der Waals surface area contributed by atoms with Crippen LogP contribution in [0.15, 0.2) is 32.5 Å². The molecule has 2 aromatic rings. The van der Waals surface area contributed by atoms with Gasteiger partial charge in [0.2, 0.25) is 5.91 Å². The number of aryl methyl sites for hydroxylation is 1. The Bertz CT molecular complexity index is 594. The molecule has 0 spiro atoms. The Morgan fingerprint density at radius 2 is 2.26 bits per heavy atom. The Labute approximate surface area is 145 Å². The van der Waals surface area contributed by atoms with Gasteiger partial charge in [-0.1, -0.05) is 25.6 Å². The lowest BCUT2D eigenvalue weighted by Gasteiger charge is -2.28. The highest BCUT2D eigenvalue weighted by Gasteiger charge is 2.21. The van der Waals surface area contributed by atoms with Gasteiger partial charge in [-0.2, -0.15) is 0 Å². The Morgan fingerprint density at radius 3 is 2.83 bits per heavy atom. The van der Waals surface area contributed by atoms with Gasteiger partial charge in [0.15, 0.2) is 4.34 Å². The fraction of sp³-hybridized carbons (Fsp3) is 0.500. The van der Waals surface area contributed by atoms with E-state index in [-0.39, 0.29) is 11.9 Å². The van der Waals surface area contributed by atoms with Gasteiger partial charge in [-0.15, -0.1) is 11.3 Å². The standard InChI is InChI=1S/C16H23N3O2S2/c1-4-19(5-2)13(14-7-6-8-21-14)9-17-15(20)11-23-16-18-12(3)10-22-16/h6-8,10,13H,4-5,9,11H2,1-3H3,(H,17,20). The van der Waals surface area contributed by atoms with E-state index in [0.717, 1.165) is 28.9 Å². The molecule has 0 aliphatic rings. The van der Waals surface area contributed by atoms with E-state index >= 15 is 0 Å². The second kappa shape index (κ2) is 9.10. The summed E-state index contributed by atoms with van der Waals surface area (Å²) in [7, 11) is 0. The minimum absolute atomic E-state index is 0.0200. The Balaban J connectivity index is 1.86. The topological polar surface area (TPSA) is 58.4 Å². The summed E-state index contributed by atoms with van der Waals surface area (Å²) in [6.45, 7) is 8.55.